The number of halogens is 1. The molecule has 4 aromatic rings. The van der Waals surface area contributed by atoms with Crippen molar-refractivity contribution >= 4 is 23.0 Å². The van der Waals surface area contributed by atoms with Gasteiger partial charge in [-0.1, -0.05) is 90.5 Å². The van der Waals surface area contributed by atoms with E-state index in [1.165, 1.54) is 0 Å². The van der Waals surface area contributed by atoms with Crippen LogP contribution >= 0.6 is 11.6 Å². The van der Waals surface area contributed by atoms with Crippen LogP contribution in [0.2, 0.25) is 5.02 Å². The Morgan fingerprint density at radius 3 is 1.77 bits per heavy atom. The summed E-state index contributed by atoms with van der Waals surface area (Å²) in [6, 6.07) is 33.3. The molecule has 0 heterocycles. The van der Waals surface area contributed by atoms with Crippen LogP contribution in [0.15, 0.2) is 103 Å². The van der Waals surface area contributed by atoms with Gasteiger partial charge in [0.25, 0.3) is 0 Å². The molecule has 0 amide bonds. The zero-order valence-corrected chi connectivity index (χ0v) is 17.6. The van der Waals surface area contributed by atoms with Crippen molar-refractivity contribution < 1.29 is 4.74 Å². The lowest BCUT2D eigenvalue weighted by Gasteiger charge is -2.26. The van der Waals surface area contributed by atoms with Crippen molar-refractivity contribution in [3.8, 4) is 11.5 Å². The zero-order valence-electron chi connectivity index (χ0n) is 16.9. The smallest absolute Gasteiger partial charge is 0.428 e. The molecule has 4 nitrogen and oxygen atoms in total. The number of hydrogen-bond donors (Lipinski definition) is 0. The SMILES string of the molecule is N#[N+]c1cc(Cl)c(N(Cc2ccccc2)Cc2ccccc2)cc1Oc1ccccc1. The van der Waals surface area contributed by atoms with Crippen molar-refractivity contribution in [3.63, 3.8) is 0 Å². The summed E-state index contributed by atoms with van der Waals surface area (Å²) < 4.78 is 6.01. The third kappa shape index (κ3) is 5.22. The minimum atomic E-state index is 0.275. The van der Waals surface area contributed by atoms with Crippen molar-refractivity contribution in [2.75, 3.05) is 4.90 Å². The molecule has 0 spiro atoms. The summed E-state index contributed by atoms with van der Waals surface area (Å²) in [4.78, 5) is 5.55. The third-order valence-corrected chi connectivity index (χ3v) is 5.18. The predicted octanol–water partition coefficient (Wildman–Crippen LogP) is 7.82. The number of hydrogen-bond acceptors (Lipinski definition) is 3. The van der Waals surface area contributed by atoms with Gasteiger partial charge in [0.1, 0.15) is 5.75 Å². The van der Waals surface area contributed by atoms with E-state index in [1.54, 1.807) is 6.07 Å². The van der Waals surface area contributed by atoms with E-state index in [0.29, 0.717) is 29.6 Å². The Kier molecular flexibility index (Phi) is 6.47. The van der Waals surface area contributed by atoms with Gasteiger partial charge < -0.3 is 9.64 Å². The number of benzene rings is 4. The van der Waals surface area contributed by atoms with Crippen molar-refractivity contribution in [3.05, 3.63) is 124 Å². The lowest BCUT2D eigenvalue weighted by atomic mass is 10.1. The van der Waals surface area contributed by atoms with Gasteiger partial charge in [-0.25, -0.2) is 0 Å². The van der Waals surface area contributed by atoms with E-state index in [4.69, 9.17) is 16.3 Å². The lowest BCUT2D eigenvalue weighted by Crippen LogP contribution is -2.22. The van der Waals surface area contributed by atoms with Crippen LogP contribution in [0.4, 0.5) is 11.4 Å². The molecular formula is C26H21ClN3O+. The van der Waals surface area contributed by atoms with E-state index in [0.717, 1.165) is 16.8 Å². The number of diazo groups is 1. The second-order valence-electron chi connectivity index (χ2n) is 7.11. The Hall–Kier alpha value is -3.81. The summed E-state index contributed by atoms with van der Waals surface area (Å²) in [6.45, 7) is 1.33. The Bertz CT molecular complexity index is 1130. The van der Waals surface area contributed by atoms with Crippen molar-refractivity contribution in [2.45, 2.75) is 13.1 Å². The molecule has 0 fully saturated rings. The molecule has 0 saturated carbocycles. The average Bonchev–Trinajstić information content (AvgIpc) is 2.81. The number of anilines is 1. The number of para-hydroxylation sites is 1. The molecule has 0 aromatic heterocycles. The van der Waals surface area contributed by atoms with Gasteiger partial charge in [0.05, 0.1) is 16.8 Å². The topological polar surface area (TPSA) is 40.6 Å². The van der Waals surface area contributed by atoms with Gasteiger partial charge in [0.2, 0.25) is 11.1 Å². The molecular weight excluding hydrogens is 406 g/mol. The molecule has 0 radical (unpaired) electrons. The van der Waals surface area contributed by atoms with Gasteiger partial charge in [-0.05, 0) is 23.3 Å². The second-order valence-corrected chi connectivity index (χ2v) is 7.52. The fraction of sp³-hybridized carbons (Fsp3) is 0.0769. The van der Waals surface area contributed by atoms with Crippen LogP contribution in [-0.4, -0.2) is 0 Å². The van der Waals surface area contributed by atoms with Crippen LogP contribution < -0.4 is 9.64 Å². The summed E-state index contributed by atoms with van der Waals surface area (Å²) in [7, 11) is 0. The highest BCUT2D eigenvalue weighted by atomic mass is 35.5. The fourth-order valence-corrected chi connectivity index (χ4v) is 3.66. The van der Waals surface area contributed by atoms with Gasteiger partial charge in [-0.3, -0.25) is 0 Å². The Morgan fingerprint density at radius 1 is 0.742 bits per heavy atom. The largest absolute Gasteiger partial charge is 0.449 e. The van der Waals surface area contributed by atoms with Crippen molar-refractivity contribution in [1.29, 1.82) is 5.39 Å². The summed E-state index contributed by atoms with van der Waals surface area (Å²) >= 11 is 6.64. The maximum absolute atomic E-state index is 9.49. The Balaban J connectivity index is 1.74. The van der Waals surface area contributed by atoms with Gasteiger partial charge in [0, 0.05) is 19.2 Å². The van der Waals surface area contributed by atoms with E-state index >= 15 is 0 Å². The molecule has 0 aliphatic heterocycles. The van der Waals surface area contributed by atoms with Crippen molar-refractivity contribution in [1.82, 2.24) is 0 Å². The monoisotopic (exact) mass is 426 g/mol. The normalized spacial score (nSPS) is 10.3. The molecule has 4 aromatic carbocycles. The average molecular weight is 427 g/mol. The van der Waals surface area contributed by atoms with Gasteiger partial charge in [0.15, 0.2) is 4.98 Å². The van der Waals surface area contributed by atoms with Crippen LogP contribution in [0, 0.1) is 5.39 Å². The first-order chi connectivity index (χ1) is 15.2. The molecule has 0 aliphatic carbocycles. The Labute approximate surface area is 186 Å². The van der Waals surface area contributed by atoms with Crippen LogP contribution in [-0.2, 0) is 13.1 Å². The molecule has 0 aliphatic rings. The highest BCUT2D eigenvalue weighted by Gasteiger charge is 2.23. The van der Waals surface area contributed by atoms with E-state index in [1.807, 2.05) is 72.8 Å². The summed E-state index contributed by atoms with van der Waals surface area (Å²) in [5, 5.41) is 9.98. The number of nitrogens with zero attached hydrogens (tertiary/aromatic N) is 3. The molecule has 0 unspecified atom stereocenters. The maximum atomic E-state index is 9.49. The van der Waals surface area contributed by atoms with E-state index < -0.39 is 0 Å². The minimum Gasteiger partial charge on any atom is -0.449 e. The van der Waals surface area contributed by atoms with Gasteiger partial charge >= 0.3 is 5.69 Å². The Morgan fingerprint density at radius 2 is 1.26 bits per heavy atom. The summed E-state index contributed by atoms with van der Waals surface area (Å²) in [5.74, 6) is 1.08. The summed E-state index contributed by atoms with van der Waals surface area (Å²) in [6.07, 6.45) is 0. The lowest BCUT2D eigenvalue weighted by molar-refractivity contribution is 0.485. The first kappa shape index (κ1) is 20.5. The summed E-state index contributed by atoms with van der Waals surface area (Å²) in [5.41, 5.74) is 3.40. The third-order valence-electron chi connectivity index (χ3n) is 4.88. The highest BCUT2D eigenvalue weighted by Crippen LogP contribution is 2.41. The number of ether oxygens (including phenoxy) is 1. The fourth-order valence-electron chi connectivity index (χ4n) is 3.38. The minimum absolute atomic E-state index is 0.275. The van der Waals surface area contributed by atoms with Gasteiger partial charge in [-0.15, -0.1) is 0 Å². The van der Waals surface area contributed by atoms with Crippen LogP contribution in [0.1, 0.15) is 11.1 Å². The first-order valence-electron chi connectivity index (χ1n) is 9.97. The van der Waals surface area contributed by atoms with Crippen LogP contribution in [0.3, 0.4) is 0 Å². The molecule has 0 saturated heterocycles. The molecule has 0 N–H and O–H groups in total. The van der Waals surface area contributed by atoms with E-state index in [9.17, 15) is 5.39 Å². The molecule has 0 bridgehead atoms. The van der Waals surface area contributed by atoms with Crippen molar-refractivity contribution in [2.24, 2.45) is 0 Å². The van der Waals surface area contributed by atoms with Crippen LogP contribution in [0.5, 0.6) is 11.5 Å². The predicted molar refractivity (Wildman–Crippen MR) is 125 cm³/mol. The molecule has 31 heavy (non-hydrogen) atoms. The van der Waals surface area contributed by atoms with Gasteiger partial charge in [-0.2, -0.15) is 0 Å². The molecule has 152 valence electrons. The van der Waals surface area contributed by atoms with Crippen LogP contribution in [0.25, 0.3) is 4.98 Å². The standard InChI is InChI=1S/C26H21ClN3O/c27-23-16-24(29-28)26(31-22-14-8-3-9-15-22)17-25(23)30(18-20-10-4-1-5-11-20)19-21-12-6-2-7-13-21/h1-17H,18-19H2/q+1. The zero-order chi connectivity index (χ0) is 21.5. The molecule has 0 atom stereocenters. The molecule has 5 heteroatoms. The van der Waals surface area contributed by atoms with E-state index in [-0.39, 0.29) is 5.69 Å². The quantitative estimate of drug-likeness (QED) is 0.283. The first-order valence-corrected chi connectivity index (χ1v) is 10.3. The van der Waals surface area contributed by atoms with E-state index in [2.05, 4.69) is 34.1 Å². The highest BCUT2D eigenvalue weighted by molar-refractivity contribution is 6.33. The molecule has 4 rings (SSSR count). The maximum Gasteiger partial charge on any atom is 0.428 e. The number of rotatable bonds is 7. The second kappa shape index (κ2) is 9.80.